The van der Waals surface area contributed by atoms with Crippen LogP contribution in [0.3, 0.4) is 0 Å². The molecule has 0 atom stereocenters. The second kappa shape index (κ2) is 6.33. The van der Waals surface area contributed by atoms with Crippen molar-refractivity contribution in [1.82, 2.24) is 4.57 Å². The first-order valence-electron chi connectivity index (χ1n) is 10.2. The van der Waals surface area contributed by atoms with Gasteiger partial charge in [-0.25, -0.2) is 0 Å². The number of hydrogen-bond acceptors (Lipinski definition) is 2. The highest BCUT2D eigenvalue weighted by atomic mass is 15.2. The van der Waals surface area contributed by atoms with Crippen molar-refractivity contribution < 1.29 is 0 Å². The Morgan fingerprint density at radius 3 is 2.33 bits per heavy atom. The topological polar surface area (TPSA) is 20.5 Å². The maximum absolute atomic E-state index is 4.27. The van der Waals surface area contributed by atoms with E-state index >= 15 is 0 Å². The largest absolute Gasteiger partial charge is 0.344 e. The molecule has 1 aliphatic rings. The van der Waals surface area contributed by atoms with Gasteiger partial charge in [0.1, 0.15) is 0 Å². The van der Waals surface area contributed by atoms with Crippen LogP contribution in [0.5, 0.6) is 0 Å². The minimum Gasteiger partial charge on any atom is -0.344 e. The lowest BCUT2D eigenvalue weighted by atomic mass is 9.91. The molecule has 0 unspecified atom stereocenters. The minimum atomic E-state index is 0.804. The zero-order valence-electron chi connectivity index (χ0n) is 16.8. The van der Waals surface area contributed by atoms with Gasteiger partial charge in [0.15, 0.2) is 0 Å². The van der Waals surface area contributed by atoms with Crippen LogP contribution >= 0.6 is 0 Å². The van der Waals surface area contributed by atoms with Gasteiger partial charge in [-0.3, -0.25) is 4.99 Å². The summed E-state index contributed by atoms with van der Waals surface area (Å²) in [6.45, 7) is 4.59. The SMILES string of the molecule is C=Nc1ccccc1N1Cc2cc3c4ccccc4n(C)c3cc2-c2ccccc21. The van der Waals surface area contributed by atoms with Gasteiger partial charge in [-0.15, -0.1) is 0 Å². The van der Waals surface area contributed by atoms with Gasteiger partial charge in [0, 0.05) is 46.6 Å². The van der Waals surface area contributed by atoms with Crippen LogP contribution in [-0.4, -0.2) is 11.3 Å². The van der Waals surface area contributed by atoms with Crippen molar-refractivity contribution in [2.24, 2.45) is 12.0 Å². The quantitative estimate of drug-likeness (QED) is 0.299. The van der Waals surface area contributed by atoms with Crippen molar-refractivity contribution >= 4 is 45.6 Å². The highest BCUT2D eigenvalue weighted by molar-refractivity contribution is 6.10. The van der Waals surface area contributed by atoms with E-state index < -0.39 is 0 Å². The summed E-state index contributed by atoms with van der Waals surface area (Å²) in [6, 6.07) is 30.2. The Balaban J connectivity index is 1.65. The van der Waals surface area contributed by atoms with Gasteiger partial charge in [0.05, 0.1) is 11.4 Å². The zero-order chi connectivity index (χ0) is 20.2. The summed E-state index contributed by atoms with van der Waals surface area (Å²) >= 11 is 0. The molecule has 30 heavy (non-hydrogen) atoms. The number of nitrogens with zero attached hydrogens (tertiary/aromatic N) is 3. The third kappa shape index (κ3) is 2.29. The van der Waals surface area contributed by atoms with Crippen LogP contribution in [-0.2, 0) is 13.6 Å². The van der Waals surface area contributed by atoms with E-state index in [9.17, 15) is 0 Å². The van der Waals surface area contributed by atoms with E-state index in [0.29, 0.717) is 0 Å². The second-order valence-electron chi connectivity index (χ2n) is 7.85. The smallest absolute Gasteiger partial charge is 0.0859 e. The number of rotatable bonds is 2. The molecule has 0 saturated carbocycles. The summed E-state index contributed by atoms with van der Waals surface area (Å²) in [5.74, 6) is 0. The molecular formula is C27H21N3. The Bertz CT molecular complexity index is 1460. The van der Waals surface area contributed by atoms with E-state index in [1.807, 2.05) is 12.1 Å². The molecule has 0 saturated heterocycles. The third-order valence-electron chi connectivity index (χ3n) is 6.29. The predicted molar refractivity (Wildman–Crippen MR) is 127 cm³/mol. The van der Waals surface area contributed by atoms with Crippen molar-refractivity contribution in [2.45, 2.75) is 6.54 Å². The number of aromatic nitrogens is 1. The molecule has 5 aromatic rings. The number of aryl methyl sites for hydroxylation is 1. The third-order valence-corrected chi connectivity index (χ3v) is 6.29. The van der Waals surface area contributed by atoms with E-state index in [2.05, 4.69) is 101 Å². The Labute approximate surface area is 175 Å². The van der Waals surface area contributed by atoms with E-state index in [0.717, 1.165) is 17.9 Å². The predicted octanol–water partition coefficient (Wildman–Crippen LogP) is 6.98. The molecule has 0 bridgehead atoms. The van der Waals surface area contributed by atoms with Gasteiger partial charge in [-0.1, -0.05) is 48.5 Å². The molecule has 1 aromatic heterocycles. The highest BCUT2D eigenvalue weighted by Gasteiger charge is 2.25. The molecule has 0 amide bonds. The Kier molecular flexibility index (Phi) is 3.59. The van der Waals surface area contributed by atoms with Crippen LogP contribution in [0, 0.1) is 0 Å². The average Bonchev–Trinajstić information content (AvgIpc) is 3.09. The lowest BCUT2D eigenvalue weighted by Crippen LogP contribution is -2.21. The van der Waals surface area contributed by atoms with Crippen LogP contribution in [0.15, 0.2) is 89.9 Å². The van der Waals surface area contributed by atoms with Crippen LogP contribution in [0.1, 0.15) is 5.56 Å². The summed E-state index contributed by atoms with van der Waals surface area (Å²) in [5, 5.41) is 2.61. The number of para-hydroxylation sites is 4. The Morgan fingerprint density at radius 1 is 0.733 bits per heavy atom. The maximum Gasteiger partial charge on any atom is 0.0859 e. The number of aliphatic imine (C=N–C) groups is 1. The molecule has 0 aliphatic carbocycles. The average molecular weight is 387 g/mol. The van der Waals surface area contributed by atoms with Gasteiger partial charge in [0.2, 0.25) is 0 Å². The fourth-order valence-corrected chi connectivity index (χ4v) is 4.86. The molecule has 1 aliphatic heterocycles. The van der Waals surface area contributed by atoms with E-state index in [1.165, 1.54) is 44.2 Å². The molecular weight excluding hydrogens is 366 g/mol. The number of hydrogen-bond donors (Lipinski definition) is 0. The first kappa shape index (κ1) is 17.0. The molecule has 3 heteroatoms. The molecule has 0 spiro atoms. The molecule has 2 heterocycles. The summed E-state index contributed by atoms with van der Waals surface area (Å²) in [4.78, 5) is 6.63. The summed E-state index contributed by atoms with van der Waals surface area (Å²) in [7, 11) is 2.16. The summed E-state index contributed by atoms with van der Waals surface area (Å²) in [5.41, 5.74) is 9.63. The van der Waals surface area contributed by atoms with E-state index in [1.54, 1.807) is 0 Å². The monoisotopic (exact) mass is 387 g/mol. The normalized spacial score (nSPS) is 12.8. The summed E-state index contributed by atoms with van der Waals surface area (Å²) < 4.78 is 2.30. The zero-order valence-corrected chi connectivity index (χ0v) is 16.8. The standard InChI is InChI=1S/C27H21N3/c1-28-23-11-5-8-14-26(23)30-17-18-15-22-20-10-3-6-12-24(20)29(2)27(22)16-21(18)19-9-4-7-13-25(19)30/h3-16H,1,17H2,2H3. The highest BCUT2D eigenvalue weighted by Crippen LogP contribution is 2.46. The molecule has 0 radical (unpaired) electrons. The Hall–Kier alpha value is -3.85. The van der Waals surface area contributed by atoms with Crippen molar-refractivity contribution in [3.63, 3.8) is 0 Å². The lowest BCUT2D eigenvalue weighted by molar-refractivity contribution is 0.961. The van der Waals surface area contributed by atoms with E-state index in [-0.39, 0.29) is 0 Å². The van der Waals surface area contributed by atoms with Gasteiger partial charge in [-0.05, 0) is 54.2 Å². The first-order valence-corrected chi connectivity index (χ1v) is 10.2. The summed E-state index contributed by atoms with van der Waals surface area (Å²) in [6.07, 6.45) is 0. The molecule has 144 valence electrons. The minimum absolute atomic E-state index is 0.804. The maximum atomic E-state index is 4.27. The van der Waals surface area contributed by atoms with Crippen molar-refractivity contribution in [3.05, 3.63) is 90.5 Å². The number of benzene rings is 4. The molecule has 4 aromatic carbocycles. The van der Waals surface area contributed by atoms with Crippen LogP contribution in [0.25, 0.3) is 32.9 Å². The molecule has 3 nitrogen and oxygen atoms in total. The fourth-order valence-electron chi connectivity index (χ4n) is 4.86. The fraction of sp³-hybridized carbons (Fsp3) is 0.0741. The van der Waals surface area contributed by atoms with Crippen molar-refractivity contribution in [3.8, 4) is 11.1 Å². The van der Waals surface area contributed by atoms with Crippen molar-refractivity contribution in [2.75, 3.05) is 4.90 Å². The first-order chi connectivity index (χ1) is 14.8. The molecule has 6 rings (SSSR count). The van der Waals surface area contributed by atoms with Gasteiger partial charge in [-0.2, -0.15) is 0 Å². The van der Waals surface area contributed by atoms with Gasteiger partial charge in [0.25, 0.3) is 0 Å². The lowest BCUT2D eigenvalue weighted by Gasteiger charge is -2.33. The molecule has 0 N–H and O–H groups in total. The van der Waals surface area contributed by atoms with Crippen LogP contribution in [0.4, 0.5) is 17.1 Å². The van der Waals surface area contributed by atoms with Crippen molar-refractivity contribution in [1.29, 1.82) is 0 Å². The van der Waals surface area contributed by atoms with Gasteiger partial charge < -0.3 is 9.47 Å². The Morgan fingerprint density at radius 2 is 1.47 bits per heavy atom. The van der Waals surface area contributed by atoms with Gasteiger partial charge >= 0.3 is 0 Å². The second-order valence-corrected chi connectivity index (χ2v) is 7.85. The number of anilines is 2. The van der Waals surface area contributed by atoms with E-state index in [4.69, 9.17) is 0 Å². The van der Waals surface area contributed by atoms with Crippen LogP contribution < -0.4 is 4.90 Å². The van der Waals surface area contributed by atoms with Crippen LogP contribution in [0.2, 0.25) is 0 Å². The number of fused-ring (bicyclic) bond motifs is 6. The molecule has 0 fully saturated rings.